The number of ether oxygens (including phenoxy) is 3. The Kier molecular flexibility index (Phi) is 9.24. The predicted octanol–water partition coefficient (Wildman–Crippen LogP) is 3.18. The van der Waals surface area contributed by atoms with Gasteiger partial charge in [-0.1, -0.05) is 6.92 Å². The summed E-state index contributed by atoms with van der Waals surface area (Å²) in [7, 11) is 1.89. The summed E-state index contributed by atoms with van der Waals surface area (Å²) in [5.74, 6) is 0.929. The first-order valence-electron chi connectivity index (χ1n) is 14.7. The van der Waals surface area contributed by atoms with Crippen LogP contribution >= 0.6 is 0 Å². The number of nitrogens with zero attached hydrogens (tertiary/aromatic N) is 6. The van der Waals surface area contributed by atoms with E-state index >= 15 is 0 Å². The van der Waals surface area contributed by atoms with Crippen molar-refractivity contribution in [2.45, 2.75) is 65.5 Å². The molecule has 2 bridgehead atoms. The Balaban J connectivity index is 1.66. The average molecular weight is 579 g/mol. The van der Waals surface area contributed by atoms with Crippen LogP contribution in [0.3, 0.4) is 0 Å². The first-order valence-corrected chi connectivity index (χ1v) is 14.7. The van der Waals surface area contributed by atoms with E-state index in [1.165, 1.54) is 0 Å². The van der Waals surface area contributed by atoms with E-state index in [0.717, 1.165) is 47.3 Å². The standard InChI is InChI=1S/C30H42N8O4/c1-6-38-15-19(4)42-30-27(26(36-37(30)5)17-41-21-8-9-21)20-12-23-24(34-35-29(23)33-14-20)11-10-22(28(31)40-7-2)25(16-38)32-13-18(3)39/h10-12,14,18-19,21,39H,6-9,13,15-17,31H2,1-5H3,(H,33,34,35)/b11-10+,28-22+,32-25?. The van der Waals surface area contributed by atoms with Gasteiger partial charge in [0.25, 0.3) is 0 Å². The fraction of sp³-hybridized carbons (Fsp3) is 0.533. The average Bonchev–Trinajstić information content (AvgIpc) is 3.63. The highest BCUT2D eigenvalue weighted by Gasteiger charge is 2.27. The third-order valence-corrected chi connectivity index (χ3v) is 7.26. The lowest BCUT2D eigenvalue weighted by Gasteiger charge is -2.26. The molecule has 0 radical (unpaired) electrons. The molecule has 3 aromatic rings. The number of likely N-dealkylation sites (N-methyl/N-ethyl adjacent to an activating group) is 1. The number of aliphatic hydroxyl groups is 1. The highest BCUT2D eigenvalue weighted by molar-refractivity contribution is 6.05. The number of rotatable bonds is 8. The number of pyridine rings is 1. The Morgan fingerprint density at radius 3 is 2.83 bits per heavy atom. The number of aliphatic hydroxyl groups excluding tert-OH is 1. The van der Waals surface area contributed by atoms with Gasteiger partial charge >= 0.3 is 0 Å². The predicted molar refractivity (Wildman–Crippen MR) is 162 cm³/mol. The highest BCUT2D eigenvalue weighted by atomic mass is 16.5. The SMILES string of the molecule is CCO/C(N)=C1\C=C\c2[nH]nc3ncc(cc23)-c2c(COC3CC3)nn(C)c2OC(C)CN(CC)CC1=NCC(C)O. The van der Waals surface area contributed by atoms with Gasteiger partial charge in [-0.25, -0.2) is 9.67 Å². The number of hydrogen-bond acceptors (Lipinski definition) is 10. The molecule has 1 saturated carbocycles. The van der Waals surface area contributed by atoms with Gasteiger partial charge in [-0.3, -0.25) is 15.0 Å². The van der Waals surface area contributed by atoms with Crippen molar-refractivity contribution in [3.63, 3.8) is 0 Å². The van der Waals surface area contributed by atoms with Crippen LogP contribution in [-0.4, -0.2) is 91.8 Å². The summed E-state index contributed by atoms with van der Waals surface area (Å²) < 4.78 is 20.2. The van der Waals surface area contributed by atoms with Crippen molar-refractivity contribution in [3.8, 4) is 17.0 Å². The minimum atomic E-state index is -0.604. The zero-order chi connectivity index (χ0) is 29.8. The van der Waals surface area contributed by atoms with Gasteiger partial charge in [0.15, 0.2) is 11.5 Å². The van der Waals surface area contributed by atoms with Gasteiger partial charge in [0.2, 0.25) is 5.88 Å². The number of nitrogens with two attached hydrogens (primary N) is 1. The van der Waals surface area contributed by atoms with Crippen molar-refractivity contribution in [2.75, 3.05) is 32.8 Å². The molecule has 1 fully saturated rings. The molecule has 3 aromatic heterocycles. The lowest BCUT2D eigenvalue weighted by molar-refractivity contribution is 0.103. The Hall–Kier alpha value is -3.74. The zero-order valence-corrected chi connectivity index (χ0v) is 25.1. The minimum absolute atomic E-state index is 0.187. The first kappa shape index (κ1) is 29.7. The Labute approximate surface area is 246 Å². The molecule has 2 aliphatic rings. The second-order valence-electron chi connectivity index (χ2n) is 10.9. The normalized spacial score (nSPS) is 22.0. The molecular formula is C30H42N8O4. The fourth-order valence-electron chi connectivity index (χ4n) is 4.99. The highest BCUT2D eigenvalue weighted by Crippen LogP contribution is 2.37. The number of aryl methyl sites for hydroxylation is 1. The number of hydrogen-bond donors (Lipinski definition) is 3. The van der Waals surface area contributed by atoms with Crippen molar-refractivity contribution in [2.24, 2.45) is 17.8 Å². The molecule has 0 saturated heterocycles. The van der Waals surface area contributed by atoms with Crippen LogP contribution in [0.2, 0.25) is 0 Å². The lowest BCUT2D eigenvalue weighted by atomic mass is 10.1. The van der Waals surface area contributed by atoms with Crippen LogP contribution in [0.15, 0.2) is 34.8 Å². The van der Waals surface area contributed by atoms with E-state index in [1.54, 1.807) is 11.6 Å². The van der Waals surface area contributed by atoms with Gasteiger partial charge < -0.3 is 25.1 Å². The van der Waals surface area contributed by atoms with Gasteiger partial charge in [0, 0.05) is 37.3 Å². The molecule has 5 rings (SSSR count). The number of nitrogens with one attached hydrogen (secondary N) is 1. The Morgan fingerprint density at radius 1 is 1.31 bits per heavy atom. The number of aromatic amines is 1. The number of allylic oxidation sites excluding steroid dienone is 1. The van der Waals surface area contributed by atoms with Crippen molar-refractivity contribution in [3.05, 3.63) is 41.2 Å². The number of aromatic nitrogens is 5. The minimum Gasteiger partial charge on any atom is -0.479 e. The lowest BCUT2D eigenvalue weighted by Crippen LogP contribution is -2.38. The second kappa shape index (κ2) is 13.1. The summed E-state index contributed by atoms with van der Waals surface area (Å²) in [6, 6.07) is 2.05. The molecule has 0 amide bonds. The molecule has 0 spiro atoms. The third-order valence-electron chi connectivity index (χ3n) is 7.26. The molecule has 2 unspecified atom stereocenters. The molecule has 4 N–H and O–H groups in total. The maximum Gasteiger partial charge on any atom is 0.220 e. The van der Waals surface area contributed by atoms with Crippen molar-refractivity contribution >= 4 is 22.8 Å². The monoisotopic (exact) mass is 578 g/mol. The topological polar surface area (TPSA) is 149 Å². The summed E-state index contributed by atoms with van der Waals surface area (Å²) >= 11 is 0. The van der Waals surface area contributed by atoms with Gasteiger partial charge in [0.05, 0.1) is 54.5 Å². The molecule has 0 aromatic carbocycles. The van der Waals surface area contributed by atoms with Crippen LogP contribution in [0.4, 0.5) is 0 Å². The van der Waals surface area contributed by atoms with E-state index in [0.29, 0.717) is 55.2 Å². The molecule has 42 heavy (non-hydrogen) atoms. The molecular weight excluding hydrogens is 536 g/mol. The Bertz CT molecular complexity index is 1480. The quantitative estimate of drug-likeness (QED) is 0.343. The zero-order valence-electron chi connectivity index (χ0n) is 25.1. The van der Waals surface area contributed by atoms with E-state index in [-0.39, 0.29) is 18.5 Å². The van der Waals surface area contributed by atoms with E-state index in [9.17, 15) is 5.11 Å². The van der Waals surface area contributed by atoms with Crippen molar-refractivity contribution in [1.29, 1.82) is 0 Å². The maximum absolute atomic E-state index is 10.1. The molecule has 4 heterocycles. The van der Waals surface area contributed by atoms with Crippen LogP contribution in [0.25, 0.3) is 28.2 Å². The fourth-order valence-corrected chi connectivity index (χ4v) is 4.99. The number of fused-ring (bicyclic) bond motifs is 3. The van der Waals surface area contributed by atoms with Crippen LogP contribution in [0.5, 0.6) is 5.88 Å². The second-order valence-corrected chi connectivity index (χ2v) is 10.9. The van der Waals surface area contributed by atoms with E-state index in [1.807, 2.05) is 39.2 Å². The largest absolute Gasteiger partial charge is 0.479 e. The molecule has 2 atom stereocenters. The summed E-state index contributed by atoms with van der Waals surface area (Å²) in [6.45, 7) is 10.6. The molecule has 1 aliphatic carbocycles. The third kappa shape index (κ3) is 6.83. The Morgan fingerprint density at radius 2 is 2.12 bits per heavy atom. The van der Waals surface area contributed by atoms with E-state index in [2.05, 4.69) is 33.1 Å². The van der Waals surface area contributed by atoms with Crippen LogP contribution in [0.1, 0.15) is 51.9 Å². The number of H-pyrrole nitrogens is 1. The number of aliphatic imine (C=N–C) groups is 1. The van der Waals surface area contributed by atoms with Gasteiger partial charge in [-0.15, -0.1) is 0 Å². The van der Waals surface area contributed by atoms with Gasteiger partial charge in [0.1, 0.15) is 11.8 Å². The van der Waals surface area contributed by atoms with Crippen LogP contribution in [0, 0.1) is 0 Å². The molecule has 12 nitrogen and oxygen atoms in total. The van der Waals surface area contributed by atoms with Gasteiger partial charge in [-0.2, -0.15) is 10.2 Å². The summed E-state index contributed by atoms with van der Waals surface area (Å²) in [6.07, 6.45) is 7.28. The summed E-state index contributed by atoms with van der Waals surface area (Å²) in [5, 5.41) is 23.2. The maximum atomic E-state index is 10.1. The first-order chi connectivity index (χ1) is 20.3. The van der Waals surface area contributed by atoms with Crippen molar-refractivity contribution < 1.29 is 19.3 Å². The molecule has 226 valence electrons. The van der Waals surface area contributed by atoms with E-state index < -0.39 is 6.10 Å². The van der Waals surface area contributed by atoms with E-state index in [4.69, 9.17) is 30.0 Å². The van der Waals surface area contributed by atoms with Crippen molar-refractivity contribution in [1.82, 2.24) is 29.9 Å². The van der Waals surface area contributed by atoms with Gasteiger partial charge in [-0.05, 0) is 58.4 Å². The van der Waals surface area contributed by atoms with Crippen LogP contribution < -0.4 is 10.5 Å². The molecule has 1 aliphatic heterocycles. The molecule has 12 heteroatoms. The summed E-state index contributed by atoms with van der Waals surface area (Å²) in [5.41, 5.74) is 11.7. The summed E-state index contributed by atoms with van der Waals surface area (Å²) in [4.78, 5) is 11.7. The smallest absolute Gasteiger partial charge is 0.220 e. The van der Waals surface area contributed by atoms with Crippen LogP contribution in [-0.2, 0) is 23.1 Å².